The van der Waals surface area contributed by atoms with E-state index in [9.17, 15) is 0 Å². The molecule has 0 saturated carbocycles. The minimum Gasteiger partial charge on any atom is -0.381 e. The van der Waals surface area contributed by atoms with Crippen molar-refractivity contribution in [2.24, 2.45) is 5.92 Å². The fourth-order valence-electron chi connectivity index (χ4n) is 2.10. The predicted octanol–water partition coefficient (Wildman–Crippen LogP) is 2.76. The number of hydrogen-bond donors (Lipinski definition) is 1. The van der Waals surface area contributed by atoms with Crippen LogP contribution in [0.2, 0.25) is 0 Å². The fourth-order valence-corrected chi connectivity index (χ4v) is 2.37. The summed E-state index contributed by atoms with van der Waals surface area (Å²) in [4.78, 5) is 0. The fraction of sp³-hybridized carbons (Fsp3) is 0.571. The van der Waals surface area contributed by atoms with Crippen molar-refractivity contribution in [1.82, 2.24) is 5.32 Å². The second-order valence-corrected chi connectivity index (χ2v) is 5.58. The topological polar surface area (TPSA) is 30.5 Å². The van der Waals surface area contributed by atoms with E-state index in [0.717, 1.165) is 37.3 Å². The highest BCUT2D eigenvalue weighted by atomic mass is 79.9. The Labute approximate surface area is 117 Å². The number of rotatable bonds is 6. The number of nitrogens with one attached hydrogen (secondary N) is 1. The molecule has 2 atom stereocenters. The molecule has 4 heteroatoms. The van der Waals surface area contributed by atoms with Gasteiger partial charge in [-0.3, -0.25) is 0 Å². The van der Waals surface area contributed by atoms with E-state index in [1.54, 1.807) is 0 Å². The SMILES string of the molecule is CNCC(OCC1CCOC1)c1ccc(Br)cc1. The molecule has 100 valence electrons. The lowest BCUT2D eigenvalue weighted by Crippen LogP contribution is -2.22. The van der Waals surface area contributed by atoms with E-state index < -0.39 is 0 Å². The van der Waals surface area contributed by atoms with Gasteiger partial charge in [0.15, 0.2) is 0 Å². The van der Waals surface area contributed by atoms with Gasteiger partial charge in [0.2, 0.25) is 0 Å². The van der Waals surface area contributed by atoms with Gasteiger partial charge in [-0.05, 0) is 31.2 Å². The highest BCUT2D eigenvalue weighted by Crippen LogP contribution is 2.22. The van der Waals surface area contributed by atoms with Crippen LogP contribution in [0.4, 0.5) is 0 Å². The average molecular weight is 314 g/mol. The second kappa shape index (κ2) is 7.24. The molecule has 0 aromatic heterocycles. The quantitative estimate of drug-likeness (QED) is 0.876. The van der Waals surface area contributed by atoms with Gasteiger partial charge in [-0.2, -0.15) is 0 Å². The summed E-state index contributed by atoms with van der Waals surface area (Å²) in [6.07, 6.45) is 1.23. The van der Waals surface area contributed by atoms with E-state index in [1.165, 1.54) is 5.56 Å². The van der Waals surface area contributed by atoms with Gasteiger partial charge in [0, 0.05) is 23.5 Å². The van der Waals surface area contributed by atoms with Crippen LogP contribution in [0.3, 0.4) is 0 Å². The van der Waals surface area contributed by atoms with Crippen molar-refractivity contribution in [3.63, 3.8) is 0 Å². The Balaban J connectivity index is 1.91. The van der Waals surface area contributed by atoms with Crippen molar-refractivity contribution < 1.29 is 9.47 Å². The van der Waals surface area contributed by atoms with Gasteiger partial charge in [-0.25, -0.2) is 0 Å². The van der Waals surface area contributed by atoms with Gasteiger partial charge in [0.25, 0.3) is 0 Å². The van der Waals surface area contributed by atoms with Gasteiger partial charge in [0.1, 0.15) is 0 Å². The van der Waals surface area contributed by atoms with E-state index in [4.69, 9.17) is 9.47 Å². The second-order valence-electron chi connectivity index (χ2n) is 4.66. The Kier molecular flexibility index (Phi) is 5.63. The van der Waals surface area contributed by atoms with Gasteiger partial charge in [-0.15, -0.1) is 0 Å². The highest BCUT2D eigenvalue weighted by Gasteiger charge is 2.19. The number of ether oxygens (including phenoxy) is 2. The molecule has 1 aromatic rings. The number of halogens is 1. The normalized spacial score (nSPS) is 21.1. The van der Waals surface area contributed by atoms with Gasteiger partial charge in [0.05, 0.1) is 19.3 Å². The molecular formula is C14H20BrNO2. The minimum absolute atomic E-state index is 0.115. The van der Waals surface area contributed by atoms with Crippen LogP contribution >= 0.6 is 15.9 Å². The summed E-state index contributed by atoms with van der Waals surface area (Å²) < 4.78 is 12.5. The van der Waals surface area contributed by atoms with Crippen LogP contribution in [0, 0.1) is 5.92 Å². The van der Waals surface area contributed by atoms with Gasteiger partial charge in [-0.1, -0.05) is 28.1 Å². The third-order valence-corrected chi connectivity index (χ3v) is 3.72. The van der Waals surface area contributed by atoms with Crippen molar-refractivity contribution in [1.29, 1.82) is 0 Å². The summed E-state index contributed by atoms with van der Waals surface area (Å²) in [5.74, 6) is 0.555. The number of likely N-dealkylation sites (N-methyl/N-ethyl adjacent to an activating group) is 1. The van der Waals surface area contributed by atoms with Crippen molar-refractivity contribution >= 4 is 15.9 Å². The van der Waals surface area contributed by atoms with Crippen molar-refractivity contribution in [2.75, 3.05) is 33.4 Å². The largest absolute Gasteiger partial charge is 0.381 e. The summed E-state index contributed by atoms with van der Waals surface area (Å²) >= 11 is 3.45. The summed E-state index contributed by atoms with van der Waals surface area (Å²) in [5, 5.41) is 3.19. The van der Waals surface area contributed by atoms with Crippen molar-refractivity contribution in [3.05, 3.63) is 34.3 Å². The van der Waals surface area contributed by atoms with E-state index in [-0.39, 0.29) is 6.10 Å². The van der Waals surface area contributed by atoms with E-state index in [2.05, 4.69) is 45.5 Å². The molecule has 2 rings (SSSR count). The van der Waals surface area contributed by atoms with Crippen LogP contribution in [0.25, 0.3) is 0 Å². The van der Waals surface area contributed by atoms with Crippen molar-refractivity contribution in [2.45, 2.75) is 12.5 Å². The first kappa shape index (κ1) is 14.0. The van der Waals surface area contributed by atoms with Crippen LogP contribution in [0.1, 0.15) is 18.1 Å². The molecule has 2 unspecified atom stereocenters. The maximum atomic E-state index is 6.03. The summed E-state index contributed by atoms with van der Waals surface area (Å²) in [5.41, 5.74) is 1.21. The summed E-state index contributed by atoms with van der Waals surface area (Å²) in [6.45, 7) is 3.33. The molecule has 1 aromatic carbocycles. The lowest BCUT2D eigenvalue weighted by Gasteiger charge is -2.20. The zero-order chi connectivity index (χ0) is 12.8. The third-order valence-electron chi connectivity index (χ3n) is 3.19. The first-order valence-electron chi connectivity index (χ1n) is 6.39. The Morgan fingerprint density at radius 2 is 2.22 bits per heavy atom. The van der Waals surface area contributed by atoms with Gasteiger partial charge >= 0.3 is 0 Å². The zero-order valence-electron chi connectivity index (χ0n) is 10.7. The minimum atomic E-state index is 0.115. The van der Waals surface area contributed by atoms with Crippen LogP contribution in [-0.4, -0.2) is 33.4 Å². The molecule has 1 fully saturated rings. The van der Waals surface area contributed by atoms with Crippen LogP contribution in [0.15, 0.2) is 28.7 Å². The summed E-state index contributed by atoms with van der Waals surface area (Å²) in [7, 11) is 1.95. The Morgan fingerprint density at radius 1 is 1.44 bits per heavy atom. The molecule has 0 spiro atoms. The average Bonchev–Trinajstić information content (AvgIpc) is 2.89. The molecule has 1 heterocycles. The lowest BCUT2D eigenvalue weighted by molar-refractivity contribution is 0.0264. The molecule has 1 aliphatic rings. The predicted molar refractivity (Wildman–Crippen MR) is 75.7 cm³/mol. The molecule has 0 amide bonds. The molecule has 0 bridgehead atoms. The number of hydrogen-bond acceptors (Lipinski definition) is 3. The smallest absolute Gasteiger partial charge is 0.0949 e. The first-order chi connectivity index (χ1) is 8.79. The van der Waals surface area contributed by atoms with Crippen molar-refractivity contribution in [3.8, 4) is 0 Å². The number of benzene rings is 1. The first-order valence-corrected chi connectivity index (χ1v) is 7.18. The van der Waals surface area contributed by atoms with Crippen LogP contribution in [0.5, 0.6) is 0 Å². The molecule has 18 heavy (non-hydrogen) atoms. The molecule has 0 radical (unpaired) electrons. The lowest BCUT2D eigenvalue weighted by atomic mass is 10.1. The van der Waals surface area contributed by atoms with E-state index in [1.807, 2.05) is 7.05 Å². The standard InChI is InChI=1S/C14H20BrNO2/c1-16-8-14(12-2-4-13(15)5-3-12)18-10-11-6-7-17-9-11/h2-5,11,14,16H,6-10H2,1H3. The Bertz CT molecular complexity index is 349. The Morgan fingerprint density at radius 3 is 2.83 bits per heavy atom. The maximum absolute atomic E-state index is 6.03. The monoisotopic (exact) mass is 313 g/mol. The van der Waals surface area contributed by atoms with Crippen LogP contribution in [-0.2, 0) is 9.47 Å². The Hall–Kier alpha value is -0.420. The van der Waals surface area contributed by atoms with E-state index in [0.29, 0.717) is 5.92 Å². The highest BCUT2D eigenvalue weighted by molar-refractivity contribution is 9.10. The molecule has 1 aliphatic heterocycles. The van der Waals surface area contributed by atoms with Gasteiger partial charge < -0.3 is 14.8 Å². The molecule has 1 N–H and O–H groups in total. The zero-order valence-corrected chi connectivity index (χ0v) is 12.3. The third kappa shape index (κ3) is 4.05. The van der Waals surface area contributed by atoms with Crippen LogP contribution < -0.4 is 5.32 Å². The molecule has 0 aliphatic carbocycles. The maximum Gasteiger partial charge on any atom is 0.0949 e. The van der Waals surface area contributed by atoms with E-state index >= 15 is 0 Å². The molecular weight excluding hydrogens is 294 g/mol. The molecule has 3 nitrogen and oxygen atoms in total. The summed E-state index contributed by atoms with van der Waals surface area (Å²) in [6, 6.07) is 8.33. The molecule has 1 saturated heterocycles.